The minimum absolute atomic E-state index is 0.0260. The zero-order chi connectivity index (χ0) is 20.8. The topological polar surface area (TPSA) is 99.0 Å². The molecule has 0 aromatic carbocycles. The summed E-state index contributed by atoms with van der Waals surface area (Å²) in [5.41, 5.74) is -0.251. The minimum atomic E-state index is -0.472. The normalized spacial score (nSPS) is 11.2. The molecular weight excluding hydrogens is 392 g/mol. The molecule has 0 aliphatic heterocycles. The summed E-state index contributed by atoms with van der Waals surface area (Å²) in [4.78, 5) is 44.8. The lowest BCUT2D eigenvalue weighted by Gasteiger charge is -2.07. The highest BCUT2D eigenvalue weighted by Gasteiger charge is 2.18. The largest absolute Gasteiger partial charge is 0.458 e. The molecule has 1 N–H and O–H groups in total. The molecule has 0 amide bonds. The summed E-state index contributed by atoms with van der Waals surface area (Å²) in [5.74, 6) is 0.170. The number of aromatic amines is 1. The lowest BCUT2D eigenvalue weighted by Crippen LogP contribution is -2.31. The van der Waals surface area contributed by atoms with Gasteiger partial charge in [0.15, 0.2) is 11.2 Å². The number of carbonyl (C=O) groups is 1. The number of ether oxygens (including phenoxy) is 1. The maximum absolute atomic E-state index is 12.4. The first kappa shape index (κ1) is 21.0. The van der Waals surface area contributed by atoms with Crippen LogP contribution in [0.4, 0.5) is 0 Å². The monoisotopic (exact) mass is 418 g/mol. The van der Waals surface area contributed by atoms with Crippen molar-refractivity contribution in [3.05, 3.63) is 49.1 Å². The number of esters is 1. The first-order valence-electron chi connectivity index (χ1n) is 9.95. The first-order chi connectivity index (χ1) is 14.0. The Morgan fingerprint density at radius 2 is 2.07 bits per heavy atom. The summed E-state index contributed by atoms with van der Waals surface area (Å²) >= 11 is 1.68. The first-order valence-corrected chi connectivity index (χ1v) is 10.8. The number of unbranched alkanes of at least 4 members (excludes halogenated alkanes) is 1. The van der Waals surface area contributed by atoms with Gasteiger partial charge in [-0.1, -0.05) is 19.4 Å². The number of hydrogen-bond acceptors (Lipinski definition) is 6. The molecule has 156 valence electrons. The van der Waals surface area contributed by atoms with Crippen LogP contribution in [0.15, 0.2) is 27.1 Å². The van der Waals surface area contributed by atoms with E-state index in [1.165, 1.54) is 9.44 Å². The average molecular weight is 419 g/mol. The van der Waals surface area contributed by atoms with Crippen LogP contribution < -0.4 is 11.2 Å². The number of rotatable bonds is 10. The van der Waals surface area contributed by atoms with Gasteiger partial charge < -0.3 is 9.30 Å². The number of imidazole rings is 1. The van der Waals surface area contributed by atoms with Gasteiger partial charge in [0.05, 0.1) is 0 Å². The quantitative estimate of drug-likeness (QED) is 0.511. The molecule has 0 fully saturated rings. The van der Waals surface area contributed by atoms with Crippen molar-refractivity contribution < 1.29 is 9.53 Å². The van der Waals surface area contributed by atoms with Crippen LogP contribution in [0.25, 0.3) is 11.2 Å². The number of fused-ring (bicyclic) bond motifs is 1. The van der Waals surface area contributed by atoms with Gasteiger partial charge in [-0.15, -0.1) is 11.3 Å². The second kappa shape index (κ2) is 9.69. The highest BCUT2D eigenvalue weighted by Crippen LogP contribution is 2.15. The molecule has 0 radical (unpaired) electrons. The molecule has 0 aliphatic rings. The van der Waals surface area contributed by atoms with Crippen LogP contribution in [0.3, 0.4) is 0 Å². The fourth-order valence-electron chi connectivity index (χ4n) is 3.27. The van der Waals surface area contributed by atoms with Crippen molar-refractivity contribution >= 4 is 28.5 Å². The molecule has 8 nitrogen and oxygen atoms in total. The Hall–Kier alpha value is -2.68. The number of H-pyrrole nitrogens is 1. The van der Waals surface area contributed by atoms with Crippen LogP contribution in [0.5, 0.6) is 0 Å². The van der Waals surface area contributed by atoms with Crippen molar-refractivity contribution in [2.75, 3.05) is 0 Å². The number of nitrogens with one attached hydrogen (secondary N) is 1. The summed E-state index contributed by atoms with van der Waals surface area (Å²) in [5, 5.41) is 2.02. The fourth-order valence-corrected chi connectivity index (χ4v) is 4.02. The molecule has 0 saturated carbocycles. The zero-order valence-corrected chi connectivity index (χ0v) is 17.6. The van der Waals surface area contributed by atoms with Crippen molar-refractivity contribution in [1.29, 1.82) is 0 Å². The maximum atomic E-state index is 12.4. The number of nitrogens with zero attached hydrogens (tertiary/aromatic N) is 3. The van der Waals surface area contributed by atoms with E-state index in [1.54, 1.807) is 15.9 Å². The molecule has 3 aromatic rings. The van der Waals surface area contributed by atoms with Gasteiger partial charge in [0.2, 0.25) is 0 Å². The van der Waals surface area contributed by atoms with Crippen molar-refractivity contribution in [3.8, 4) is 0 Å². The van der Waals surface area contributed by atoms with E-state index >= 15 is 0 Å². The molecule has 29 heavy (non-hydrogen) atoms. The van der Waals surface area contributed by atoms with Gasteiger partial charge in [-0.3, -0.25) is 19.1 Å². The summed E-state index contributed by atoms with van der Waals surface area (Å²) < 4.78 is 8.58. The number of carbonyl (C=O) groups excluding carboxylic acids is 1. The third-order valence-electron chi connectivity index (χ3n) is 4.76. The van der Waals surface area contributed by atoms with Gasteiger partial charge in [0.1, 0.15) is 12.4 Å². The smallest absolute Gasteiger partial charge is 0.330 e. The second-order valence-electron chi connectivity index (χ2n) is 6.80. The lowest BCUT2D eigenvalue weighted by molar-refractivity contribution is -0.145. The Morgan fingerprint density at radius 1 is 1.24 bits per heavy atom. The Balaban J connectivity index is 1.74. The maximum Gasteiger partial charge on any atom is 0.330 e. The van der Waals surface area contributed by atoms with Crippen molar-refractivity contribution in [1.82, 2.24) is 19.1 Å². The van der Waals surface area contributed by atoms with Crippen molar-refractivity contribution in [2.45, 2.75) is 65.6 Å². The van der Waals surface area contributed by atoms with E-state index < -0.39 is 11.2 Å². The van der Waals surface area contributed by atoms with E-state index in [4.69, 9.17) is 4.74 Å². The van der Waals surface area contributed by atoms with E-state index in [0.29, 0.717) is 36.5 Å². The van der Waals surface area contributed by atoms with Gasteiger partial charge in [-0.2, -0.15) is 0 Å². The van der Waals surface area contributed by atoms with Crippen LogP contribution in [0.2, 0.25) is 0 Å². The second-order valence-corrected chi connectivity index (χ2v) is 7.83. The van der Waals surface area contributed by atoms with E-state index in [9.17, 15) is 14.4 Å². The predicted octanol–water partition coefficient (Wildman–Crippen LogP) is 2.83. The van der Waals surface area contributed by atoms with Gasteiger partial charge in [-0.05, 0) is 37.6 Å². The van der Waals surface area contributed by atoms with Crippen molar-refractivity contribution in [3.63, 3.8) is 0 Å². The summed E-state index contributed by atoms with van der Waals surface area (Å²) in [6.45, 7) is 4.85. The third-order valence-corrected chi connectivity index (χ3v) is 5.70. The van der Waals surface area contributed by atoms with Gasteiger partial charge in [0, 0.05) is 24.4 Å². The Bertz CT molecular complexity index is 1080. The Morgan fingerprint density at radius 3 is 2.76 bits per heavy atom. The molecule has 3 heterocycles. The molecule has 0 unspecified atom stereocenters. The van der Waals surface area contributed by atoms with Crippen LogP contribution >= 0.6 is 11.3 Å². The predicted molar refractivity (Wildman–Crippen MR) is 112 cm³/mol. The molecule has 3 aromatic heterocycles. The molecular formula is C20H26N4O4S. The van der Waals surface area contributed by atoms with Gasteiger partial charge in [0.25, 0.3) is 5.56 Å². The van der Waals surface area contributed by atoms with Gasteiger partial charge in [-0.25, -0.2) is 9.78 Å². The molecule has 9 heteroatoms. The average Bonchev–Trinajstić information content (AvgIpc) is 3.34. The molecule has 0 bridgehead atoms. The highest BCUT2D eigenvalue weighted by atomic mass is 32.1. The molecule has 0 aliphatic carbocycles. The van der Waals surface area contributed by atoms with Crippen LogP contribution in [-0.2, 0) is 35.6 Å². The summed E-state index contributed by atoms with van der Waals surface area (Å²) in [6.07, 6.45) is 3.61. The Labute approximate surface area is 172 Å². The zero-order valence-electron chi connectivity index (χ0n) is 16.8. The summed E-state index contributed by atoms with van der Waals surface area (Å²) in [7, 11) is 0. The van der Waals surface area contributed by atoms with E-state index in [0.717, 1.165) is 25.7 Å². The SMILES string of the molecule is CCCCn1c(=O)[nH]c(=O)c2c1nc(COC(=O)CCCc1cccs1)n2CC. The lowest BCUT2D eigenvalue weighted by atomic mass is 10.2. The highest BCUT2D eigenvalue weighted by molar-refractivity contribution is 7.09. The van der Waals surface area contributed by atoms with E-state index in [2.05, 4.69) is 16.0 Å². The number of aromatic nitrogens is 4. The fraction of sp³-hybridized carbons (Fsp3) is 0.500. The van der Waals surface area contributed by atoms with E-state index in [-0.39, 0.29) is 12.6 Å². The van der Waals surface area contributed by atoms with Crippen LogP contribution in [0.1, 0.15) is 50.2 Å². The molecule has 3 rings (SSSR count). The van der Waals surface area contributed by atoms with Gasteiger partial charge >= 0.3 is 11.7 Å². The summed E-state index contributed by atoms with van der Waals surface area (Å²) in [6, 6.07) is 4.05. The van der Waals surface area contributed by atoms with Crippen LogP contribution in [0, 0.1) is 0 Å². The number of thiophene rings is 1. The number of aryl methyl sites for hydroxylation is 3. The Kier molecular flexibility index (Phi) is 7.03. The molecule has 0 spiro atoms. The number of hydrogen-bond donors (Lipinski definition) is 1. The minimum Gasteiger partial charge on any atom is -0.458 e. The molecule has 0 atom stereocenters. The van der Waals surface area contributed by atoms with E-state index in [1.807, 2.05) is 25.3 Å². The van der Waals surface area contributed by atoms with Crippen LogP contribution in [-0.4, -0.2) is 25.1 Å². The third kappa shape index (κ3) is 4.84. The van der Waals surface area contributed by atoms with Crippen molar-refractivity contribution in [2.24, 2.45) is 0 Å². The molecule has 0 saturated heterocycles. The standard InChI is InChI=1S/C20H26N4O4S/c1-3-5-11-24-18-17(19(26)22-20(24)27)23(4-2)15(21-18)13-28-16(25)10-6-8-14-9-7-12-29-14/h7,9,12H,3-6,8,10-11,13H2,1-2H3,(H,22,26,27).